The van der Waals surface area contributed by atoms with E-state index in [0.717, 1.165) is 56.7 Å². The van der Waals surface area contributed by atoms with Crippen LogP contribution in [0.15, 0.2) is 30.3 Å². The van der Waals surface area contributed by atoms with Crippen LogP contribution in [0.25, 0.3) is 0 Å². The van der Waals surface area contributed by atoms with Gasteiger partial charge in [-0.25, -0.2) is 0 Å². The van der Waals surface area contributed by atoms with Crippen LogP contribution >= 0.6 is 0 Å². The van der Waals surface area contributed by atoms with Crippen molar-refractivity contribution in [1.29, 1.82) is 5.26 Å². The number of carbonyl (C=O) groups is 2. The minimum Gasteiger partial charge on any atom is -0.492 e. The molecule has 4 rings (SSSR count). The molecule has 34 heavy (non-hydrogen) atoms. The molecule has 2 N–H and O–H groups in total. The molecule has 0 bridgehead atoms. The summed E-state index contributed by atoms with van der Waals surface area (Å²) in [4.78, 5) is 21.6. The summed E-state index contributed by atoms with van der Waals surface area (Å²) >= 11 is 0. The molecule has 1 aromatic carbocycles. The SMILES string of the molecule is CC1CCCN(CCOc2ccccc2CN2CCn3nc(C#N)cc3C2)C1.O=CO.O=CO. The van der Waals surface area contributed by atoms with Crippen LogP contribution in [-0.2, 0) is 29.2 Å². The van der Waals surface area contributed by atoms with Crippen molar-refractivity contribution in [2.24, 2.45) is 5.92 Å². The van der Waals surface area contributed by atoms with E-state index in [1.54, 1.807) is 0 Å². The van der Waals surface area contributed by atoms with Crippen molar-refractivity contribution < 1.29 is 24.5 Å². The zero-order chi connectivity index (χ0) is 24.8. The predicted octanol–water partition coefficient (Wildman–Crippen LogP) is 2.28. The minimum atomic E-state index is -0.250. The minimum absolute atomic E-state index is 0.250. The zero-order valence-corrected chi connectivity index (χ0v) is 19.5. The highest BCUT2D eigenvalue weighted by atomic mass is 16.5. The van der Waals surface area contributed by atoms with Crippen LogP contribution in [0.2, 0.25) is 0 Å². The van der Waals surface area contributed by atoms with Gasteiger partial charge in [-0.05, 0) is 37.4 Å². The van der Waals surface area contributed by atoms with Crippen LogP contribution in [-0.4, -0.2) is 75.5 Å². The highest BCUT2D eigenvalue weighted by molar-refractivity contribution is 5.34. The first-order chi connectivity index (χ1) is 16.5. The third-order valence-corrected chi connectivity index (χ3v) is 5.76. The van der Waals surface area contributed by atoms with E-state index in [2.05, 4.69) is 46.1 Å². The molecule has 2 aromatic rings. The van der Waals surface area contributed by atoms with E-state index >= 15 is 0 Å². The van der Waals surface area contributed by atoms with Gasteiger partial charge in [0.05, 0.1) is 12.2 Å². The summed E-state index contributed by atoms with van der Waals surface area (Å²) in [5.74, 6) is 1.79. The number of para-hydroxylation sites is 1. The number of piperidine rings is 1. The van der Waals surface area contributed by atoms with Crippen molar-refractivity contribution in [3.05, 3.63) is 47.3 Å². The summed E-state index contributed by atoms with van der Waals surface area (Å²) in [6, 6.07) is 12.4. The Morgan fingerprint density at radius 1 is 1.18 bits per heavy atom. The van der Waals surface area contributed by atoms with Crippen LogP contribution in [0.3, 0.4) is 0 Å². The summed E-state index contributed by atoms with van der Waals surface area (Å²) in [6.07, 6.45) is 2.65. The first kappa shape index (κ1) is 26.8. The summed E-state index contributed by atoms with van der Waals surface area (Å²) in [5, 5.41) is 27.2. The summed E-state index contributed by atoms with van der Waals surface area (Å²) in [5.41, 5.74) is 2.84. The van der Waals surface area contributed by atoms with Gasteiger partial charge in [0, 0.05) is 38.3 Å². The Kier molecular flexibility index (Phi) is 11.6. The number of hydrogen-bond donors (Lipinski definition) is 2. The molecule has 0 radical (unpaired) electrons. The highest BCUT2D eigenvalue weighted by Gasteiger charge is 2.20. The molecule has 184 valence electrons. The van der Waals surface area contributed by atoms with Crippen LogP contribution in [0.5, 0.6) is 5.75 Å². The molecule has 1 saturated heterocycles. The molecular weight excluding hydrogens is 438 g/mol. The standard InChI is InChI=1S/C22H29N5O.2CH2O2/c1-18-5-4-8-25(15-18)11-12-28-22-7-3-2-6-19(22)16-26-9-10-27-21(17-26)13-20(14-23)24-27;2*2-1-3/h2-3,6-7,13,18H,4-5,8-12,15-17H2,1H3;2*1H,(H,2,3). The third kappa shape index (κ3) is 8.50. The third-order valence-electron chi connectivity index (χ3n) is 5.76. The van der Waals surface area contributed by atoms with Crippen LogP contribution in [0, 0.1) is 17.2 Å². The number of carboxylic acid groups (broad SMARTS) is 2. The summed E-state index contributed by atoms with van der Waals surface area (Å²) in [6.45, 7) is 9.39. The maximum atomic E-state index is 9.06. The van der Waals surface area contributed by atoms with E-state index in [1.807, 2.05) is 16.8 Å². The normalized spacial score (nSPS) is 17.6. The maximum Gasteiger partial charge on any atom is 0.290 e. The van der Waals surface area contributed by atoms with E-state index in [0.29, 0.717) is 5.69 Å². The number of hydrogen-bond acceptors (Lipinski definition) is 7. The van der Waals surface area contributed by atoms with Crippen molar-refractivity contribution in [1.82, 2.24) is 19.6 Å². The lowest BCUT2D eigenvalue weighted by Gasteiger charge is -2.31. The van der Waals surface area contributed by atoms with E-state index in [-0.39, 0.29) is 12.9 Å². The Hall–Kier alpha value is -3.42. The van der Waals surface area contributed by atoms with Crippen molar-refractivity contribution in [3.8, 4) is 11.8 Å². The van der Waals surface area contributed by atoms with Gasteiger partial charge in [0.2, 0.25) is 0 Å². The number of benzene rings is 1. The Bertz CT molecular complexity index is 936. The number of fused-ring (bicyclic) bond motifs is 1. The van der Waals surface area contributed by atoms with Crippen molar-refractivity contribution in [3.63, 3.8) is 0 Å². The maximum absolute atomic E-state index is 9.06. The molecule has 0 amide bonds. The smallest absolute Gasteiger partial charge is 0.290 e. The molecule has 10 heteroatoms. The number of nitriles is 1. The Balaban J connectivity index is 0.000000618. The number of likely N-dealkylation sites (tertiary alicyclic amines) is 1. The molecule has 1 unspecified atom stereocenters. The summed E-state index contributed by atoms with van der Waals surface area (Å²) < 4.78 is 8.13. The van der Waals surface area contributed by atoms with Crippen molar-refractivity contribution >= 4 is 12.9 Å². The van der Waals surface area contributed by atoms with Gasteiger partial charge in [0.15, 0.2) is 5.69 Å². The van der Waals surface area contributed by atoms with Gasteiger partial charge in [-0.3, -0.25) is 24.1 Å². The quantitative estimate of drug-likeness (QED) is 0.609. The second-order valence-electron chi connectivity index (χ2n) is 8.28. The number of ether oxygens (including phenoxy) is 1. The first-order valence-corrected chi connectivity index (χ1v) is 11.3. The lowest BCUT2D eigenvalue weighted by molar-refractivity contribution is -0.123. The van der Waals surface area contributed by atoms with Crippen LogP contribution < -0.4 is 4.74 Å². The molecule has 2 aliphatic heterocycles. The molecule has 0 saturated carbocycles. The molecule has 0 spiro atoms. The fraction of sp³-hybridized carbons (Fsp3) is 0.500. The van der Waals surface area contributed by atoms with Gasteiger partial charge in [0.25, 0.3) is 12.9 Å². The second-order valence-corrected chi connectivity index (χ2v) is 8.28. The molecule has 1 fully saturated rings. The monoisotopic (exact) mass is 471 g/mol. The van der Waals surface area contributed by atoms with E-state index in [4.69, 9.17) is 29.8 Å². The molecular formula is C24H33N5O5. The van der Waals surface area contributed by atoms with Gasteiger partial charge in [0.1, 0.15) is 18.4 Å². The lowest BCUT2D eigenvalue weighted by Crippen LogP contribution is -2.37. The molecule has 3 heterocycles. The summed E-state index contributed by atoms with van der Waals surface area (Å²) in [7, 11) is 0. The zero-order valence-electron chi connectivity index (χ0n) is 19.5. The Morgan fingerprint density at radius 2 is 1.91 bits per heavy atom. The number of aromatic nitrogens is 2. The lowest BCUT2D eigenvalue weighted by atomic mass is 10.0. The molecule has 1 atom stereocenters. The largest absolute Gasteiger partial charge is 0.492 e. The van der Waals surface area contributed by atoms with Gasteiger partial charge in [-0.15, -0.1) is 0 Å². The van der Waals surface area contributed by atoms with Gasteiger partial charge >= 0.3 is 0 Å². The fourth-order valence-electron chi connectivity index (χ4n) is 4.30. The number of nitrogens with zero attached hydrogens (tertiary/aromatic N) is 5. The van der Waals surface area contributed by atoms with Gasteiger partial charge in [-0.2, -0.15) is 10.4 Å². The van der Waals surface area contributed by atoms with Crippen molar-refractivity contribution in [2.45, 2.75) is 39.4 Å². The highest BCUT2D eigenvalue weighted by Crippen LogP contribution is 2.23. The molecule has 1 aromatic heterocycles. The predicted molar refractivity (Wildman–Crippen MR) is 125 cm³/mol. The fourth-order valence-corrected chi connectivity index (χ4v) is 4.30. The van der Waals surface area contributed by atoms with E-state index < -0.39 is 0 Å². The average molecular weight is 472 g/mol. The topological polar surface area (TPSA) is 132 Å². The van der Waals surface area contributed by atoms with Gasteiger partial charge < -0.3 is 14.9 Å². The van der Waals surface area contributed by atoms with Gasteiger partial charge in [-0.1, -0.05) is 25.1 Å². The number of rotatable bonds is 6. The average Bonchev–Trinajstić information content (AvgIpc) is 3.24. The Labute approximate surface area is 200 Å². The van der Waals surface area contributed by atoms with Crippen molar-refractivity contribution in [2.75, 3.05) is 32.8 Å². The Morgan fingerprint density at radius 3 is 2.62 bits per heavy atom. The first-order valence-electron chi connectivity index (χ1n) is 11.3. The van der Waals surface area contributed by atoms with Crippen LogP contribution in [0.4, 0.5) is 0 Å². The van der Waals surface area contributed by atoms with Crippen LogP contribution in [0.1, 0.15) is 36.7 Å². The second kappa shape index (κ2) is 14.7. The molecule has 2 aliphatic rings. The molecule has 0 aliphatic carbocycles. The van der Waals surface area contributed by atoms with E-state index in [1.165, 1.54) is 31.5 Å². The van der Waals surface area contributed by atoms with E-state index in [9.17, 15) is 0 Å². The molecule has 10 nitrogen and oxygen atoms in total.